The maximum absolute atomic E-state index is 13.6. The predicted molar refractivity (Wildman–Crippen MR) is 67.7 cm³/mol. The van der Waals surface area contributed by atoms with Gasteiger partial charge in [0.15, 0.2) is 0 Å². The van der Waals surface area contributed by atoms with E-state index >= 15 is 0 Å². The summed E-state index contributed by atoms with van der Waals surface area (Å²) in [5, 5.41) is 2.76. The second-order valence-corrected chi connectivity index (χ2v) is 4.32. The molecule has 0 aliphatic heterocycles. The SMILES string of the molecule is CC(Nc1cc(C(F)(F)F)ccn1)c1ccccc1F. The van der Waals surface area contributed by atoms with Gasteiger partial charge >= 0.3 is 6.18 Å². The Morgan fingerprint density at radius 1 is 1.15 bits per heavy atom. The summed E-state index contributed by atoms with van der Waals surface area (Å²) < 4.78 is 51.3. The lowest BCUT2D eigenvalue weighted by Crippen LogP contribution is -2.11. The van der Waals surface area contributed by atoms with Crippen molar-refractivity contribution in [2.24, 2.45) is 0 Å². The highest BCUT2D eigenvalue weighted by Gasteiger charge is 2.30. The molecule has 1 unspecified atom stereocenters. The van der Waals surface area contributed by atoms with Gasteiger partial charge in [-0.3, -0.25) is 0 Å². The number of hydrogen-bond donors (Lipinski definition) is 1. The summed E-state index contributed by atoms with van der Waals surface area (Å²) in [5.74, 6) is -0.366. The van der Waals surface area contributed by atoms with E-state index in [1.54, 1.807) is 25.1 Å². The molecule has 1 aromatic heterocycles. The summed E-state index contributed by atoms with van der Waals surface area (Å²) in [6, 6.07) is 7.38. The quantitative estimate of drug-likeness (QED) is 0.844. The number of rotatable bonds is 3. The summed E-state index contributed by atoms with van der Waals surface area (Å²) in [7, 11) is 0. The van der Waals surface area contributed by atoms with Crippen LogP contribution in [0.3, 0.4) is 0 Å². The van der Waals surface area contributed by atoms with Gasteiger partial charge in [-0.25, -0.2) is 9.37 Å². The topological polar surface area (TPSA) is 24.9 Å². The van der Waals surface area contributed by atoms with Gasteiger partial charge in [0, 0.05) is 11.8 Å². The summed E-state index contributed by atoms with van der Waals surface area (Å²) in [6.45, 7) is 1.65. The second-order valence-electron chi connectivity index (χ2n) is 4.32. The number of alkyl halides is 3. The lowest BCUT2D eigenvalue weighted by Gasteiger charge is -2.16. The van der Waals surface area contributed by atoms with Gasteiger partial charge in [0.25, 0.3) is 0 Å². The molecule has 0 aliphatic rings. The average molecular weight is 284 g/mol. The molecule has 106 valence electrons. The zero-order valence-corrected chi connectivity index (χ0v) is 10.6. The maximum atomic E-state index is 13.6. The highest BCUT2D eigenvalue weighted by molar-refractivity contribution is 5.41. The van der Waals surface area contributed by atoms with Gasteiger partial charge < -0.3 is 5.32 Å². The zero-order chi connectivity index (χ0) is 14.8. The highest BCUT2D eigenvalue weighted by Crippen LogP contribution is 2.30. The van der Waals surface area contributed by atoms with Crippen LogP contribution in [0.25, 0.3) is 0 Å². The second kappa shape index (κ2) is 5.48. The van der Waals surface area contributed by atoms with E-state index in [0.29, 0.717) is 5.56 Å². The third-order valence-corrected chi connectivity index (χ3v) is 2.82. The molecule has 0 spiro atoms. The molecule has 2 aromatic rings. The number of aromatic nitrogens is 1. The van der Waals surface area contributed by atoms with Crippen molar-refractivity contribution in [3.63, 3.8) is 0 Å². The number of hydrogen-bond acceptors (Lipinski definition) is 2. The van der Waals surface area contributed by atoms with Gasteiger partial charge in [-0.15, -0.1) is 0 Å². The lowest BCUT2D eigenvalue weighted by atomic mass is 10.1. The first kappa shape index (κ1) is 14.3. The molecule has 0 saturated heterocycles. The molecule has 0 fully saturated rings. The number of pyridine rings is 1. The molecule has 1 N–H and O–H groups in total. The first-order valence-corrected chi connectivity index (χ1v) is 5.92. The van der Waals surface area contributed by atoms with E-state index < -0.39 is 23.6 Å². The first-order chi connectivity index (χ1) is 9.38. The van der Waals surface area contributed by atoms with Crippen LogP contribution in [0, 0.1) is 5.82 Å². The van der Waals surface area contributed by atoms with E-state index in [0.717, 1.165) is 18.3 Å². The maximum Gasteiger partial charge on any atom is 0.416 e. The Labute approximate surface area is 113 Å². The Hall–Kier alpha value is -2.11. The molecular weight excluding hydrogens is 272 g/mol. The number of benzene rings is 1. The molecule has 0 saturated carbocycles. The van der Waals surface area contributed by atoms with E-state index in [9.17, 15) is 17.6 Å². The molecule has 0 bridgehead atoms. The molecule has 2 rings (SSSR count). The number of halogens is 4. The van der Waals surface area contributed by atoms with Gasteiger partial charge in [0.2, 0.25) is 0 Å². The van der Waals surface area contributed by atoms with Crippen LogP contribution in [0.2, 0.25) is 0 Å². The Kier molecular flexibility index (Phi) is 3.92. The lowest BCUT2D eigenvalue weighted by molar-refractivity contribution is -0.137. The molecule has 0 aliphatic carbocycles. The van der Waals surface area contributed by atoms with Crippen LogP contribution in [0.1, 0.15) is 24.1 Å². The molecule has 0 radical (unpaired) electrons. The van der Waals surface area contributed by atoms with Crippen molar-refractivity contribution in [3.05, 3.63) is 59.5 Å². The van der Waals surface area contributed by atoms with Crippen molar-refractivity contribution in [1.82, 2.24) is 4.98 Å². The van der Waals surface area contributed by atoms with Crippen molar-refractivity contribution in [3.8, 4) is 0 Å². The fraction of sp³-hybridized carbons (Fsp3) is 0.214. The zero-order valence-electron chi connectivity index (χ0n) is 10.6. The molecule has 2 nitrogen and oxygen atoms in total. The van der Waals surface area contributed by atoms with E-state index in [4.69, 9.17) is 0 Å². The van der Waals surface area contributed by atoms with Crippen LogP contribution in [0.4, 0.5) is 23.4 Å². The minimum absolute atomic E-state index is 0.0515. The van der Waals surface area contributed by atoms with E-state index in [-0.39, 0.29) is 5.82 Å². The van der Waals surface area contributed by atoms with Crippen molar-refractivity contribution in [2.45, 2.75) is 19.1 Å². The number of anilines is 1. The smallest absolute Gasteiger partial charge is 0.363 e. The van der Waals surface area contributed by atoms with Crippen molar-refractivity contribution >= 4 is 5.82 Å². The van der Waals surface area contributed by atoms with Crippen molar-refractivity contribution in [2.75, 3.05) is 5.32 Å². The molecule has 20 heavy (non-hydrogen) atoms. The molecular formula is C14H12F4N2. The minimum Gasteiger partial charge on any atom is -0.363 e. The van der Waals surface area contributed by atoms with Crippen molar-refractivity contribution in [1.29, 1.82) is 0 Å². The molecule has 6 heteroatoms. The largest absolute Gasteiger partial charge is 0.416 e. The van der Waals surface area contributed by atoms with Crippen LogP contribution in [0.5, 0.6) is 0 Å². The standard InChI is InChI=1S/C14H12F4N2/c1-9(11-4-2-3-5-12(11)15)20-13-8-10(6-7-19-13)14(16,17)18/h2-9H,1H3,(H,19,20). The summed E-state index contributed by atoms with van der Waals surface area (Å²) >= 11 is 0. The first-order valence-electron chi connectivity index (χ1n) is 5.92. The number of nitrogens with zero attached hydrogens (tertiary/aromatic N) is 1. The fourth-order valence-corrected chi connectivity index (χ4v) is 1.81. The van der Waals surface area contributed by atoms with Crippen LogP contribution in [0.15, 0.2) is 42.6 Å². The van der Waals surface area contributed by atoms with Crippen LogP contribution in [-0.4, -0.2) is 4.98 Å². The third kappa shape index (κ3) is 3.26. The van der Waals surface area contributed by atoms with Gasteiger partial charge in [-0.1, -0.05) is 18.2 Å². The average Bonchev–Trinajstić information content (AvgIpc) is 2.38. The van der Waals surface area contributed by atoms with Crippen LogP contribution in [-0.2, 0) is 6.18 Å². The van der Waals surface area contributed by atoms with Gasteiger partial charge in [0.1, 0.15) is 11.6 Å². The summed E-state index contributed by atoms with van der Waals surface area (Å²) in [5.41, 5.74) is -0.428. The van der Waals surface area contributed by atoms with E-state index in [2.05, 4.69) is 10.3 Å². The number of nitrogens with one attached hydrogen (secondary N) is 1. The molecule has 1 aromatic carbocycles. The summed E-state index contributed by atoms with van der Waals surface area (Å²) in [4.78, 5) is 3.81. The van der Waals surface area contributed by atoms with Crippen LogP contribution < -0.4 is 5.32 Å². The van der Waals surface area contributed by atoms with E-state index in [1.807, 2.05) is 0 Å². The van der Waals surface area contributed by atoms with Gasteiger partial charge in [-0.05, 0) is 25.1 Å². The monoisotopic (exact) mass is 284 g/mol. The van der Waals surface area contributed by atoms with Gasteiger partial charge in [0.05, 0.1) is 11.6 Å². The predicted octanol–water partition coefficient (Wildman–Crippen LogP) is 4.41. The third-order valence-electron chi connectivity index (χ3n) is 2.82. The minimum atomic E-state index is -4.43. The van der Waals surface area contributed by atoms with Gasteiger partial charge in [-0.2, -0.15) is 13.2 Å². The van der Waals surface area contributed by atoms with Crippen molar-refractivity contribution < 1.29 is 17.6 Å². The molecule has 1 atom stereocenters. The molecule has 1 heterocycles. The van der Waals surface area contributed by atoms with E-state index in [1.165, 1.54) is 6.07 Å². The Morgan fingerprint density at radius 3 is 2.50 bits per heavy atom. The fourth-order valence-electron chi connectivity index (χ4n) is 1.81. The normalized spacial score (nSPS) is 13.1. The van der Waals surface area contributed by atoms with Crippen LogP contribution >= 0.6 is 0 Å². The Bertz CT molecular complexity index is 596. The Balaban J connectivity index is 2.20. The highest BCUT2D eigenvalue weighted by atomic mass is 19.4. The Morgan fingerprint density at radius 2 is 1.85 bits per heavy atom. The summed E-state index contributed by atoms with van der Waals surface area (Å²) in [6.07, 6.45) is -3.36. The molecule has 0 amide bonds.